The maximum atomic E-state index is 11.8. The van der Waals surface area contributed by atoms with E-state index in [2.05, 4.69) is 12.6 Å². The molecule has 5 heteroatoms. The number of hydrogen-bond acceptors (Lipinski definition) is 5. The highest BCUT2D eigenvalue weighted by Gasteiger charge is 2.18. The van der Waals surface area contributed by atoms with Gasteiger partial charge in [-0.3, -0.25) is 0 Å². The first-order valence-corrected chi connectivity index (χ1v) is 6.76. The minimum Gasteiger partial charge on any atom is -0.465 e. The van der Waals surface area contributed by atoms with E-state index in [4.69, 9.17) is 14.2 Å². The molecule has 0 saturated heterocycles. The van der Waals surface area contributed by atoms with Crippen LogP contribution in [0.3, 0.4) is 0 Å². The molecule has 0 saturated carbocycles. The summed E-state index contributed by atoms with van der Waals surface area (Å²) in [5, 5.41) is 0. The topological polar surface area (TPSA) is 44.8 Å². The van der Waals surface area contributed by atoms with Gasteiger partial charge >= 0.3 is 5.97 Å². The highest BCUT2D eigenvalue weighted by molar-refractivity contribution is 7.80. The maximum Gasteiger partial charge on any atom is 0.341 e. The summed E-state index contributed by atoms with van der Waals surface area (Å²) in [5.41, 5.74) is 1.17. The molecule has 0 radical (unpaired) electrons. The fourth-order valence-corrected chi connectivity index (χ4v) is 2.06. The summed E-state index contributed by atoms with van der Waals surface area (Å²) in [4.78, 5) is 12.5. The second-order valence-electron chi connectivity index (χ2n) is 4.27. The SMILES string of the molecule is COC(=O)c1ccc(S)cc1OC(OC)c1ccccc1. The van der Waals surface area contributed by atoms with Crippen molar-refractivity contribution in [2.75, 3.05) is 14.2 Å². The molecule has 110 valence electrons. The highest BCUT2D eigenvalue weighted by Crippen LogP contribution is 2.28. The van der Waals surface area contributed by atoms with Gasteiger partial charge in [0.2, 0.25) is 6.29 Å². The van der Waals surface area contributed by atoms with Crippen LogP contribution in [0.2, 0.25) is 0 Å². The molecule has 2 aromatic rings. The predicted molar refractivity (Wildman–Crippen MR) is 81.9 cm³/mol. The van der Waals surface area contributed by atoms with E-state index in [0.717, 1.165) is 5.56 Å². The number of methoxy groups -OCH3 is 2. The number of esters is 1. The number of carbonyl (C=O) groups excluding carboxylic acids is 1. The molecule has 0 aliphatic heterocycles. The third-order valence-electron chi connectivity index (χ3n) is 2.89. The standard InChI is InChI=1S/C16H16O4S/c1-18-15(17)13-9-8-12(21)10-14(13)20-16(19-2)11-6-4-3-5-7-11/h3-10,16,21H,1-2H3. The Morgan fingerprint density at radius 2 is 1.81 bits per heavy atom. The van der Waals surface area contributed by atoms with Gasteiger partial charge in [0, 0.05) is 17.6 Å². The fourth-order valence-electron chi connectivity index (χ4n) is 1.86. The Balaban J connectivity index is 2.33. The van der Waals surface area contributed by atoms with E-state index in [1.165, 1.54) is 7.11 Å². The van der Waals surface area contributed by atoms with Gasteiger partial charge in [-0.25, -0.2) is 4.79 Å². The average molecular weight is 304 g/mol. The smallest absolute Gasteiger partial charge is 0.341 e. The van der Waals surface area contributed by atoms with Crippen LogP contribution in [0, 0.1) is 0 Å². The number of benzene rings is 2. The van der Waals surface area contributed by atoms with Crippen LogP contribution >= 0.6 is 12.6 Å². The van der Waals surface area contributed by atoms with Gasteiger partial charge in [0.1, 0.15) is 11.3 Å². The van der Waals surface area contributed by atoms with E-state index in [0.29, 0.717) is 16.2 Å². The lowest BCUT2D eigenvalue weighted by atomic mass is 10.2. The van der Waals surface area contributed by atoms with Gasteiger partial charge in [-0.15, -0.1) is 12.6 Å². The largest absolute Gasteiger partial charge is 0.465 e. The van der Waals surface area contributed by atoms with Crippen LogP contribution in [0.1, 0.15) is 22.2 Å². The fraction of sp³-hybridized carbons (Fsp3) is 0.188. The number of rotatable bonds is 5. The lowest BCUT2D eigenvalue weighted by Gasteiger charge is -2.19. The summed E-state index contributed by atoms with van der Waals surface area (Å²) < 4.78 is 15.9. The molecular weight excluding hydrogens is 288 g/mol. The molecule has 0 amide bonds. The summed E-state index contributed by atoms with van der Waals surface area (Å²) in [6, 6.07) is 14.4. The molecule has 2 rings (SSSR count). The van der Waals surface area contributed by atoms with E-state index in [1.54, 1.807) is 25.3 Å². The normalized spacial score (nSPS) is 11.8. The van der Waals surface area contributed by atoms with Crippen molar-refractivity contribution < 1.29 is 19.0 Å². The number of ether oxygens (including phenoxy) is 3. The van der Waals surface area contributed by atoms with Gasteiger partial charge in [-0.05, 0) is 18.2 Å². The summed E-state index contributed by atoms with van der Waals surface area (Å²) in [6.07, 6.45) is -0.621. The van der Waals surface area contributed by atoms with E-state index in [-0.39, 0.29) is 0 Å². The maximum absolute atomic E-state index is 11.8. The van der Waals surface area contributed by atoms with Crippen molar-refractivity contribution in [2.24, 2.45) is 0 Å². The van der Waals surface area contributed by atoms with Crippen LogP contribution in [0.25, 0.3) is 0 Å². The summed E-state index contributed by atoms with van der Waals surface area (Å²) in [6.45, 7) is 0. The lowest BCUT2D eigenvalue weighted by Crippen LogP contribution is -2.13. The van der Waals surface area contributed by atoms with Crippen LogP contribution in [0.4, 0.5) is 0 Å². The zero-order chi connectivity index (χ0) is 15.2. The average Bonchev–Trinajstić information content (AvgIpc) is 2.53. The molecule has 0 heterocycles. The van der Waals surface area contributed by atoms with Crippen molar-refractivity contribution in [3.05, 3.63) is 59.7 Å². The molecule has 0 N–H and O–H groups in total. The Hall–Kier alpha value is -1.98. The van der Waals surface area contributed by atoms with E-state index < -0.39 is 12.3 Å². The Kier molecular flexibility index (Phi) is 5.25. The van der Waals surface area contributed by atoms with Crippen LogP contribution in [0.5, 0.6) is 5.75 Å². The molecule has 0 bridgehead atoms. The first-order chi connectivity index (χ1) is 10.2. The van der Waals surface area contributed by atoms with Gasteiger partial charge < -0.3 is 14.2 Å². The Bertz CT molecular complexity index is 613. The monoisotopic (exact) mass is 304 g/mol. The van der Waals surface area contributed by atoms with Crippen LogP contribution in [-0.2, 0) is 9.47 Å². The van der Waals surface area contributed by atoms with E-state index in [1.807, 2.05) is 30.3 Å². The second-order valence-corrected chi connectivity index (χ2v) is 4.78. The van der Waals surface area contributed by atoms with E-state index in [9.17, 15) is 4.79 Å². The zero-order valence-electron chi connectivity index (χ0n) is 11.8. The lowest BCUT2D eigenvalue weighted by molar-refractivity contribution is -0.0568. The Labute approximate surface area is 129 Å². The van der Waals surface area contributed by atoms with Crippen LogP contribution in [0.15, 0.2) is 53.4 Å². The Morgan fingerprint density at radius 1 is 1.10 bits per heavy atom. The van der Waals surface area contributed by atoms with Gasteiger partial charge in [0.15, 0.2) is 0 Å². The first-order valence-electron chi connectivity index (χ1n) is 6.31. The number of carbonyl (C=O) groups is 1. The molecule has 0 aromatic heterocycles. The van der Waals surface area contributed by atoms with Gasteiger partial charge in [0.25, 0.3) is 0 Å². The van der Waals surface area contributed by atoms with Crippen LogP contribution < -0.4 is 4.74 Å². The molecule has 1 unspecified atom stereocenters. The van der Waals surface area contributed by atoms with Crippen LogP contribution in [-0.4, -0.2) is 20.2 Å². The zero-order valence-corrected chi connectivity index (χ0v) is 12.7. The molecule has 21 heavy (non-hydrogen) atoms. The molecule has 4 nitrogen and oxygen atoms in total. The number of thiol groups is 1. The molecule has 0 spiro atoms. The van der Waals surface area contributed by atoms with Gasteiger partial charge in [0.05, 0.1) is 7.11 Å². The summed E-state index contributed by atoms with van der Waals surface area (Å²) >= 11 is 4.27. The quantitative estimate of drug-likeness (QED) is 0.522. The van der Waals surface area contributed by atoms with Crippen molar-refractivity contribution in [3.8, 4) is 5.75 Å². The van der Waals surface area contributed by atoms with Gasteiger partial charge in [-0.2, -0.15) is 0 Å². The van der Waals surface area contributed by atoms with Crippen molar-refractivity contribution in [1.82, 2.24) is 0 Å². The second kappa shape index (κ2) is 7.15. The summed E-state index contributed by atoms with van der Waals surface area (Å²) in [7, 11) is 2.87. The minimum absolute atomic E-state index is 0.327. The van der Waals surface area contributed by atoms with Crippen molar-refractivity contribution in [3.63, 3.8) is 0 Å². The molecule has 0 aliphatic rings. The minimum atomic E-state index is -0.621. The summed E-state index contributed by atoms with van der Waals surface area (Å²) in [5.74, 6) is -0.105. The number of hydrogen-bond donors (Lipinski definition) is 1. The molecule has 0 aliphatic carbocycles. The Morgan fingerprint density at radius 3 is 2.43 bits per heavy atom. The van der Waals surface area contributed by atoms with Crippen molar-refractivity contribution in [2.45, 2.75) is 11.2 Å². The first kappa shape index (κ1) is 15.4. The molecule has 2 aromatic carbocycles. The van der Waals surface area contributed by atoms with Crippen molar-refractivity contribution >= 4 is 18.6 Å². The van der Waals surface area contributed by atoms with Gasteiger partial charge in [-0.1, -0.05) is 30.3 Å². The molecule has 0 fully saturated rings. The predicted octanol–water partition coefficient (Wildman–Crippen LogP) is 3.49. The molecular formula is C16H16O4S. The van der Waals surface area contributed by atoms with E-state index >= 15 is 0 Å². The third-order valence-corrected chi connectivity index (χ3v) is 3.17. The highest BCUT2D eigenvalue weighted by atomic mass is 32.1. The third kappa shape index (κ3) is 3.77. The van der Waals surface area contributed by atoms with Crippen molar-refractivity contribution in [1.29, 1.82) is 0 Å². The molecule has 1 atom stereocenters.